The number of rotatable bonds is 3. The summed E-state index contributed by atoms with van der Waals surface area (Å²) in [7, 11) is -3.90. The van der Waals surface area contributed by atoms with Crippen LogP contribution in [0.3, 0.4) is 0 Å². The highest BCUT2D eigenvalue weighted by atomic mass is 32.2. The van der Waals surface area contributed by atoms with Crippen molar-refractivity contribution in [2.24, 2.45) is 0 Å². The summed E-state index contributed by atoms with van der Waals surface area (Å²) < 4.78 is 26.6. The number of nitro benzene ring substituents is 2. The fraction of sp³-hybridized carbons (Fsp3) is 0. The number of nitrogens with zero attached hydrogens (tertiary/aromatic N) is 2. The lowest BCUT2D eigenvalue weighted by Crippen LogP contribution is -1.95. The molecular weight excluding hydrogens is 268 g/mol. The van der Waals surface area contributed by atoms with E-state index in [4.69, 9.17) is 4.55 Å². The number of hydrogen-bond acceptors (Lipinski definition) is 6. The first-order chi connectivity index (χ1) is 8.19. The van der Waals surface area contributed by atoms with Crippen LogP contribution in [0.15, 0.2) is 36.3 Å². The molecule has 0 atom stereocenters. The van der Waals surface area contributed by atoms with Crippen LogP contribution >= 0.6 is 0 Å². The van der Waals surface area contributed by atoms with Crippen molar-refractivity contribution in [3.8, 4) is 0 Å². The molecule has 1 N–H and O–H groups in total. The quantitative estimate of drug-likeness (QED) is 0.501. The molecule has 0 aliphatic rings. The number of nitro groups is 2. The zero-order valence-electron chi connectivity index (χ0n) is 8.79. The summed E-state index contributed by atoms with van der Waals surface area (Å²) in [6.45, 7) is 2.79. The molecule has 98 valence electrons. The second kappa shape index (κ2) is 6.42. The third-order valence-electron chi connectivity index (χ3n) is 1.49. The normalized spacial score (nSPS) is 9.83. The first kappa shape index (κ1) is 15.7. The molecule has 0 aromatic heterocycles. The molecule has 0 unspecified atom stereocenters. The molecule has 0 aliphatic carbocycles. The molecule has 0 aliphatic heterocycles. The Morgan fingerprint density at radius 2 is 1.39 bits per heavy atom. The van der Waals surface area contributed by atoms with E-state index in [-0.39, 0.29) is 0 Å². The molecule has 0 amide bonds. The van der Waals surface area contributed by atoms with E-state index in [1.54, 1.807) is 0 Å². The molecule has 18 heavy (non-hydrogen) atoms. The van der Waals surface area contributed by atoms with Gasteiger partial charge in [0.2, 0.25) is 0 Å². The number of para-hydroxylation sites is 2. The summed E-state index contributed by atoms with van der Waals surface area (Å²) in [4.78, 5) is 18.9. The smallest absolute Gasteiger partial charge is 0.282 e. The Kier molecular flexibility index (Phi) is 5.59. The van der Waals surface area contributed by atoms with Gasteiger partial charge in [0.1, 0.15) is 0 Å². The van der Waals surface area contributed by atoms with Gasteiger partial charge in [0.05, 0.1) is 15.3 Å². The van der Waals surface area contributed by atoms with E-state index < -0.39 is 31.3 Å². The molecule has 0 spiro atoms. The first-order valence-corrected chi connectivity index (χ1v) is 5.67. The van der Waals surface area contributed by atoms with Crippen LogP contribution in [0.5, 0.6) is 0 Å². The van der Waals surface area contributed by atoms with Gasteiger partial charge in [-0.2, -0.15) is 8.42 Å². The third-order valence-corrected chi connectivity index (χ3v) is 1.91. The summed E-state index contributed by atoms with van der Waals surface area (Å²) in [6, 6.07) is 4.95. The van der Waals surface area contributed by atoms with E-state index in [0.29, 0.717) is 5.41 Å². The minimum absolute atomic E-state index is 0.465. The van der Waals surface area contributed by atoms with Gasteiger partial charge in [-0.15, -0.1) is 0 Å². The Morgan fingerprint density at radius 1 is 1.11 bits per heavy atom. The molecule has 0 fully saturated rings. The maximum absolute atomic E-state index is 10.2. The second-order valence-electron chi connectivity index (χ2n) is 2.68. The van der Waals surface area contributed by atoms with Gasteiger partial charge in [-0.3, -0.25) is 24.8 Å². The highest BCUT2D eigenvalue weighted by Crippen LogP contribution is 2.24. The SMILES string of the molecule is C=CS(=O)(=O)O.O=[N+]([O-])c1ccccc1[N+](=O)[O-]. The Labute approximate surface area is 101 Å². The minimum Gasteiger partial charge on any atom is -0.282 e. The average molecular weight is 276 g/mol. The standard InChI is InChI=1S/C6H4N2O4.C2H4O3S/c9-7(10)5-3-1-2-4-6(5)8(11)12;1-2-6(3,4)5/h1-4H;2H,1H2,(H,3,4,5). The summed E-state index contributed by atoms with van der Waals surface area (Å²) in [5.41, 5.74) is -0.968. The molecular formula is C8H8N2O7S. The molecule has 0 heterocycles. The maximum Gasteiger partial charge on any atom is 0.346 e. The van der Waals surface area contributed by atoms with Gasteiger partial charge >= 0.3 is 11.4 Å². The highest BCUT2D eigenvalue weighted by molar-refractivity contribution is 7.88. The Bertz CT molecular complexity index is 522. The Morgan fingerprint density at radius 3 is 1.56 bits per heavy atom. The van der Waals surface area contributed by atoms with Crippen LogP contribution in [-0.4, -0.2) is 22.8 Å². The Hall–Kier alpha value is -2.33. The van der Waals surface area contributed by atoms with Crippen LogP contribution in [-0.2, 0) is 10.1 Å². The van der Waals surface area contributed by atoms with Crippen LogP contribution in [0.1, 0.15) is 0 Å². The Balaban J connectivity index is 0.000000411. The maximum atomic E-state index is 10.2. The van der Waals surface area contributed by atoms with E-state index in [1.807, 2.05) is 0 Å². The van der Waals surface area contributed by atoms with Crippen LogP contribution in [0, 0.1) is 20.2 Å². The highest BCUT2D eigenvalue weighted by Gasteiger charge is 2.21. The molecule has 0 bridgehead atoms. The largest absolute Gasteiger partial charge is 0.346 e. The van der Waals surface area contributed by atoms with Gasteiger partial charge < -0.3 is 0 Å². The first-order valence-electron chi connectivity index (χ1n) is 4.16. The molecule has 0 saturated heterocycles. The summed E-state index contributed by atoms with van der Waals surface area (Å²) >= 11 is 0. The fourth-order valence-electron chi connectivity index (χ4n) is 0.773. The number of benzene rings is 1. The van der Waals surface area contributed by atoms with Crippen LogP contribution in [0.25, 0.3) is 0 Å². The topological polar surface area (TPSA) is 141 Å². The van der Waals surface area contributed by atoms with Gasteiger partial charge in [0.25, 0.3) is 10.1 Å². The lowest BCUT2D eigenvalue weighted by atomic mass is 10.3. The zero-order valence-corrected chi connectivity index (χ0v) is 9.61. The van der Waals surface area contributed by atoms with Crippen molar-refractivity contribution < 1.29 is 22.8 Å². The van der Waals surface area contributed by atoms with E-state index in [1.165, 1.54) is 12.1 Å². The number of hydrogen-bond donors (Lipinski definition) is 1. The van der Waals surface area contributed by atoms with Gasteiger partial charge in [0.15, 0.2) is 0 Å². The molecule has 1 aromatic carbocycles. The van der Waals surface area contributed by atoms with Crippen molar-refractivity contribution in [3.63, 3.8) is 0 Å². The summed E-state index contributed by atoms with van der Waals surface area (Å²) in [6.07, 6.45) is 0. The summed E-state index contributed by atoms with van der Waals surface area (Å²) in [5.74, 6) is 0. The third kappa shape index (κ3) is 5.67. The summed E-state index contributed by atoms with van der Waals surface area (Å²) in [5, 5.41) is 20.9. The molecule has 1 rings (SSSR count). The van der Waals surface area contributed by atoms with Gasteiger partial charge in [-0.25, -0.2) is 0 Å². The molecule has 0 radical (unpaired) electrons. The van der Waals surface area contributed by atoms with E-state index in [0.717, 1.165) is 12.1 Å². The van der Waals surface area contributed by atoms with Crippen molar-refractivity contribution in [1.82, 2.24) is 0 Å². The molecule has 9 nitrogen and oxygen atoms in total. The van der Waals surface area contributed by atoms with Crippen molar-refractivity contribution >= 4 is 21.5 Å². The average Bonchev–Trinajstić information content (AvgIpc) is 2.28. The second-order valence-corrected chi connectivity index (χ2v) is 4.05. The van der Waals surface area contributed by atoms with Crippen LogP contribution in [0.2, 0.25) is 0 Å². The van der Waals surface area contributed by atoms with Gasteiger partial charge in [-0.05, 0) is 0 Å². The fourth-order valence-corrected chi connectivity index (χ4v) is 0.773. The van der Waals surface area contributed by atoms with E-state index in [9.17, 15) is 28.6 Å². The van der Waals surface area contributed by atoms with E-state index >= 15 is 0 Å². The van der Waals surface area contributed by atoms with Crippen molar-refractivity contribution in [1.29, 1.82) is 0 Å². The molecule has 0 saturated carbocycles. The lowest BCUT2D eigenvalue weighted by Gasteiger charge is -1.91. The van der Waals surface area contributed by atoms with Crippen LogP contribution < -0.4 is 0 Å². The van der Waals surface area contributed by atoms with Crippen molar-refractivity contribution in [2.75, 3.05) is 0 Å². The van der Waals surface area contributed by atoms with Crippen molar-refractivity contribution in [2.45, 2.75) is 0 Å². The minimum atomic E-state index is -3.90. The lowest BCUT2D eigenvalue weighted by molar-refractivity contribution is -0.422. The van der Waals surface area contributed by atoms with Gasteiger partial charge in [-0.1, -0.05) is 18.7 Å². The molecule has 10 heteroatoms. The predicted molar refractivity (Wildman–Crippen MR) is 61.5 cm³/mol. The van der Waals surface area contributed by atoms with E-state index in [2.05, 4.69) is 6.58 Å². The zero-order chi connectivity index (χ0) is 14.3. The van der Waals surface area contributed by atoms with Crippen LogP contribution in [0.4, 0.5) is 11.4 Å². The van der Waals surface area contributed by atoms with Gasteiger partial charge in [0, 0.05) is 12.1 Å². The monoisotopic (exact) mass is 276 g/mol. The van der Waals surface area contributed by atoms with Crippen molar-refractivity contribution in [3.05, 3.63) is 56.5 Å². The predicted octanol–water partition coefficient (Wildman–Crippen LogP) is 1.52. The molecule has 1 aromatic rings.